The lowest BCUT2D eigenvalue weighted by Gasteiger charge is -2.30. The first-order chi connectivity index (χ1) is 14.1. The van der Waals surface area contributed by atoms with Gasteiger partial charge in [-0.25, -0.2) is 0 Å². The smallest absolute Gasteiger partial charge is 0.241 e. The number of benzene rings is 2. The van der Waals surface area contributed by atoms with Gasteiger partial charge in [0, 0.05) is 16.5 Å². The van der Waals surface area contributed by atoms with Crippen molar-refractivity contribution in [1.29, 1.82) is 0 Å². The summed E-state index contributed by atoms with van der Waals surface area (Å²) in [5.74, 6) is 1.10. The monoisotopic (exact) mass is 430 g/mol. The molecule has 4 rings (SSSR count). The molecule has 0 unspecified atom stereocenters. The molecule has 1 fully saturated rings. The second-order valence-corrected chi connectivity index (χ2v) is 7.89. The normalized spacial score (nSPS) is 15.4. The number of amides is 1. The maximum atomic E-state index is 12.6. The molecule has 3 aromatic rings. The predicted octanol–water partition coefficient (Wildman–Crippen LogP) is 4.89. The van der Waals surface area contributed by atoms with Crippen LogP contribution in [-0.2, 0) is 11.3 Å². The van der Waals surface area contributed by atoms with Gasteiger partial charge in [-0.3, -0.25) is 9.69 Å². The van der Waals surface area contributed by atoms with Crippen molar-refractivity contribution >= 4 is 34.8 Å². The number of anilines is 1. The van der Waals surface area contributed by atoms with Crippen LogP contribution in [0.25, 0.3) is 11.4 Å². The van der Waals surface area contributed by atoms with E-state index in [0.29, 0.717) is 34.0 Å². The summed E-state index contributed by atoms with van der Waals surface area (Å²) >= 11 is 12.0. The lowest BCUT2D eigenvalue weighted by atomic mass is 9.96. The van der Waals surface area contributed by atoms with Gasteiger partial charge in [-0.15, -0.1) is 0 Å². The summed E-state index contributed by atoms with van der Waals surface area (Å²) in [6.45, 7) is 2.15. The number of nitrogens with zero attached hydrogens (tertiary/aromatic N) is 3. The summed E-state index contributed by atoms with van der Waals surface area (Å²) in [5, 5.41) is 7.94. The quantitative estimate of drug-likeness (QED) is 0.623. The molecule has 2 aromatic carbocycles. The van der Waals surface area contributed by atoms with Gasteiger partial charge in [0.05, 0.1) is 17.3 Å². The van der Waals surface area contributed by atoms with E-state index in [1.165, 1.54) is 0 Å². The molecule has 1 aliphatic rings. The number of nitrogens with one attached hydrogen (secondary N) is 1. The highest BCUT2D eigenvalue weighted by atomic mass is 35.5. The van der Waals surface area contributed by atoms with Crippen LogP contribution in [0, 0.1) is 5.92 Å². The highest BCUT2D eigenvalue weighted by Gasteiger charge is 2.26. The Morgan fingerprint density at radius 1 is 1.14 bits per heavy atom. The highest BCUT2D eigenvalue weighted by Crippen LogP contribution is 2.27. The summed E-state index contributed by atoms with van der Waals surface area (Å²) in [7, 11) is 0. The molecule has 6 nitrogen and oxygen atoms in total. The zero-order valence-corrected chi connectivity index (χ0v) is 17.2. The Labute approximate surface area is 178 Å². The highest BCUT2D eigenvalue weighted by molar-refractivity contribution is 6.36. The maximum absolute atomic E-state index is 12.6. The molecule has 0 spiro atoms. The van der Waals surface area contributed by atoms with Crippen LogP contribution >= 0.6 is 23.2 Å². The minimum absolute atomic E-state index is 0.0157. The summed E-state index contributed by atoms with van der Waals surface area (Å²) in [4.78, 5) is 19.3. The molecule has 1 saturated heterocycles. The van der Waals surface area contributed by atoms with Crippen molar-refractivity contribution in [2.45, 2.75) is 19.4 Å². The minimum atomic E-state index is -0.0550. The predicted molar refractivity (Wildman–Crippen MR) is 113 cm³/mol. The third kappa shape index (κ3) is 4.96. The first-order valence-electron chi connectivity index (χ1n) is 9.45. The van der Waals surface area contributed by atoms with Crippen molar-refractivity contribution in [2.75, 3.05) is 18.4 Å². The van der Waals surface area contributed by atoms with Gasteiger partial charge in [0.2, 0.25) is 17.6 Å². The minimum Gasteiger partial charge on any atom is -0.338 e. The zero-order chi connectivity index (χ0) is 20.2. The van der Waals surface area contributed by atoms with Gasteiger partial charge >= 0.3 is 0 Å². The van der Waals surface area contributed by atoms with Crippen molar-refractivity contribution in [2.24, 2.45) is 5.92 Å². The van der Waals surface area contributed by atoms with Crippen molar-refractivity contribution in [3.05, 3.63) is 64.5 Å². The molecular formula is C21H20Cl2N4O2. The summed E-state index contributed by atoms with van der Waals surface area (Å²) < 4.78 is 5.39. The molecule has 29 heavy (non-hydrogen) atoms. The molecule has 0 radical (unpaired) electrons. The SMILES string of the molecule is O=C(Nc1ccc(Cl)cc1Cl)C1CCN(Cc2nc(-c3ccccc3)no2)CC1. The van der Waals surface area contributed by atoms with E-state index in [9.17, 15) is 4.79 Å². The fourth-order valence-electron chi connectivity index (χ4n) is 3.39. The van der Waals surface area contributed by atoms with Crippen molar-refractivity contribution in [3.8, 4) is 11.4 Å². The standard InChI is InChI=1S/C21H20Cl2N4O2/c22-16-6-7-18(17(23)12-16)24-21(28)15-8-10-27(11-9-15)13-19-25-20(26-29-19)14-4-2-1-3-5-14/h1-7,12,15H,8-11,13H2,(H,24,28). The molecule has 2 heterocycles. The second kappa shape index (κ2) is 8.95. The summed E-state index contributed by atoms with van der Waals surface area (Å²) in [6, 6.07) is 14.8. The van der Waals surface area contributed by atoms with E-state index in [0.717, 1.165) is 31.5 Å². The van der Waals surface area contributed by atoms with Crippen molar-refractivity contribution < 1.29 is 9.32 Å². The number of aromatic nitrogens is 2. The van der Waals surface area contributed by atoms with Crippen LogP contribution in [0.15, 0.2) is 53.1 Å². The number of halogens is 2. The second-order valence-electron chi connectivity index (χ2n) is 7.04. The molecule has 0 bridgehead atoms. The zero-order valence-electron chi connectivity index (χ0n) is 15.6. The van der Waals surface area contributed by atoms with Crippen LogP contribution in [0.2, 0.25) is 10.0 Å². The van der Waals surface area contributed by atoms with Gasteiger partial charge in [-0.1, -0.05) is 58.7 Å². The molecule has 150 valence electrons. The Morgan fingerprint density at radius 2 is 1.90 bits per heavy atom. The third-order valence-corrected chi connectivity index (χ3v) is 5.55. The van der Waals surface area contributed by atoms with Crippen LogP contribution in [0.1, 0.15) is 18.7 Å². The van der Waals surface area contributed by atoms with Crippen LogP contribution in [-0.4, -0.2) is 34.0 Å². The topological polar surface area (TPSA) is 71.3 Å². The summed E-state index contributed by atoms with van der Waals surface area (Å²) in [6.07, 6.45) is 1.52. The van der Waals surface area contributed by atoms with E-state index in [1.54, 1.807) is 18.2 Å². The average Bonchev–Trinajstić information content (AvgIpc) is 3.20. The molecule has 0 atom stereocenters. The fraction of sp³-hybridized carbons (Fsp3) is 0.286. The van der Waals surface area contributed by atoms with Crippen molar-refractivity contribution in [1.82, 2.24) is 15.0 Å². The molecule has 0 aliphatic carbocycles. The van der Waals surface area contributed by atoms with E-state index >= 15 is 0 Å². The van der Waals surface area contributed by atoms with E-state index in [1.807, 2.05) is 30.3 Å². The number of rotatable bonds is 5. The Balaban J connectivity index is 1.29. The number of hydrogen-bond donors (Lipinski definition) is 1. The van der Waals surface area contributed by atoms with Crippen molar-refractivity contribution in [3.63, 3.8) is 0 Å². The van der Waals surface area contributed by atoms with Gasteiger partial charge in [0.15, 0.2) is 0 Å². The molecule has 1 amide bonds. The van der Waals surface area contributed by atoms with E-state index in [4.69, 9.17) is 27.7 Å². The maximum Gasteiger partial charge on any atom is 0.241 e. The van der Waals surface area contributed by atoms with E-state index in [2.05, 4.69) is 20.4 Å². The van der Waals surface area contributed by atoms with E-state index in [-0.39, 0.29) is 11.8 Å². The van der Waals surface area contributed by atoms with Gasteiger partial charge < -0.3 is 9.84 Å². The largest absolute Gasteiger partial charge is 0.338 e. The van der Waals surface area contributed by atoms with E-state index < -0.39 is 0 Å². The lowest BCUT2D eigenvalue weighted by molar-refractivity contribution is -0.121. The fourth-order valence-corrected chi connectivity index (χ4v) is 3.85. The molecule has 1 N–H and O–H groups in total. The number of likely N-dealkylation sites (tertiary alicyclic amines) is 1. The first-order valence-corrected chi connectivity index (χ1v) is 10.2. The Bertz CT molecular complexity index is 985. The first kappa shape index (κ1) is 19.9. The number of piperidine rings is 1. The molecule has 0 saturated carbocycles. The Morgan fingerprint density at radius 3 is 2.62 bits per heavy atom. The molecular weight excluding hydrogens is 411 g/mol. The van der Waals surface area contributed by atoms with Crippen LogP contribution < -0.4 is 5.32 Å². The number of carbonyl (C=O) groups excluding carboxylic acids is 1. The van der Waals surface area contributed by atoms with Gasteiger partial charge in [0.25, 0.3) is 0 Å². The summed E-state index contributed by atoms with van der Waals surface area (Å²) in [5.41, 5.74) is 1.52. The van der Waals surface area contributed by atoms with Crippen LogP contribution in [0.4, 0.5) is 5.69 Å². The van der Waals surface area contributed by atoms with Crippen LogP contribution in [0.5, 0.6) is 0 Å². The number of hydrogen-bond acceptors (Lipinski definition) is 5. The Hall–Kier alpha value is -2.41. The lowest BCUT2D eigenvalue weighted by Crippen LogP contribution is -2.37. The third-order valence-electron chi connectivity index (χ3n) is 5.01. The molecule has 8 heteroatoms. The van der Waals surface area contributed by atoms with Gasteiger partial charge in [-0.2, -0.15) is 4.98 Å². The molecule has 1 aliphatic heterocycles. The Kier molecular flexibility index (Phi) is 6.13. The molecule has 1 aromatic heterocycles. The van der Waals surface area contributed by atoms with Gasteiger partial charge in [0.1, 0.15) is 0 Å². The number of carbonyl (C=O) groups is 1. The van der Waals surface area contributed by atoms with Gasteiger partial charge in [-0.05, 0) is 44.1 Å². The van der Waals surface area contributed by atoms with Crippen LogP contribution in [0.3, 0.4) is 0 Å². The average molecular weight is 431 g/mol.